The van der Waals surface area contributed by atoms with E-state index in [9.17, 15) is 4.39 Å². The van der Waals surface area contributed by atoms with Gasteiger partial charge in [0.1, 0.15) is 17.0 Å². The van der Waals surface area contributed by atoms with Crippen LogP contribution in [0.3, 0.4) is 0 Å². The molecule has 2 heterocycles. The van der Waals surface area contributed by atoms with Crippen molar-refractivity contribution in [3.8, 4) is 11.4 Å². The molecule has 0 spiro atoms. The van der Waals surface area contributed by atoms with Crippen molar-refractivity contribution in [1.29, 1.82) is 0 Å². The maximum Gasteiger partial charge on any atom is 0.152 e. The Morgan fingerprint density at radius 2 is 2.04 bits per heavy atom. The lowest BCUT2D eigenvalue weighted by atomic mass is 10.1. The number of aromatic nitrogens is 4. The maximum atomic E-state index is 14.5. The van der Waals surface area contributed by atoms with Crippen molar-refractivity contribution in [2.24, 2.45) is 5.73 Å². The SMILES string of the molecule is CCOc1ccc(-n2nc3c(CCN)nnc(C)c3c2C)c(F)c1. The third-order valence-electron chi connectivity index (χ3n) is 3.91. The quantitative estimate of drug-likeness (QED) is 0.778. The van der Waals surface area contributed by atoms with Crippen LogP contribution in [0.25, 0.3) is 16.6 Å². The summed E-state index contributed by atoms with van der Waals surface area (Å²) in [6, 6.07) is 4.77. The number of nitrogens with two attached hydrogens (primary N) is 1. The second-order valence-corrected chi connectivity index (χ2v) is 5.54. The summed E-state index contributed by atoms with van der Waals surface area (Å²) in [5, 5.41) is 13.8. The molecule has 1 aromatic carbocycles. The molecule has 2 aromatic heterocycles. The summed E-state index contributed by atoms with van der Waals surface area (Å²) in [5.41, 5.74) is 9.04. The molecule has 0 saturated carbocycles. The van der Waals surface area contributed by atoms with Gasteiger partial charge in [-0.05, 0) is 39.4 Å². The number of benzene rings is 1. The Bertz CT molecular complexity index is 890. The highest BCUT2D eigenvalue weighted by Crippen LogP contribution is 2.27. The van der Waals surface area contributed by atoms with Crippen molar-refractivity contribution in [1.82, 2.24) is 20.0 Å². The van der Waals surface area contributed by atoms with Gasteiger partial charge in [0.25, 0.3) is 0 Å². The largest absolute Gasteiger partial charge is 0.494 e. The predicted molar refractivity (Wildman–Crippen MR) is 90.0 cm³/mol. The van der Waals surface area contributed by atoms with Gasteiger partial charge in [-0.2, -0.15) is 15.3 Å². The Morgan fingerprint density at radius 1 is 1.25 bits per heavy atom. The molecule has 0 aliphatic carbocycles. The van der Waals surface area contributed by atoms with Crippen LogP contribution in [0, 0.1) is 19.7 Å². The summed E-state index contributed by atoms with van der Waals surface area (Å²) >= 11 is 0. The Morgan fingerprint density at radius 3 is 2.71 bits per heavy atom. The number of ether oxygens (including phenoxy) is 1. The van der Waals surface area contributed by atoms with E-state index in [0.717, 1.165) is 28.0 Å². The minimum Gasteiger partial charge on any atom is -0.494 e. The van der Waals surface area contributed by atoms with E-state index < -0.39 is 5.82 Å². The normalized spacial score (nSPS) is 11.2. The smallest absolute Gasteiger partial charge is 0.152 e. The van der Waals surface area contributed by atoms with E-state index in [-0.39, 0.29) is 0 Å². The van der Waals surface area contributed by atoms with Crippen LogP contribution in [0.15, 0.2) is 18.2 Å². The third kappa shape index (κ3) is 2.71. The highest BCUT2D eigenvalue weighted by molar-refractivity contribution is 5.85. The molecule has 3 rings (SSSR count). The van der Waals surface area contributed by atoms with Crippen LogP contribution < -0.4 is 10.5 Å². The number of hydrogen-bond acceptors (Lipinski definition) is 5. The minimum absolute atomic E-state index is 0.366. The van der Waals surface area contributed by atoms with Gasteiger partial charge in [-0.15, -0.1) is 0 Å². The monoisotopic (exact) mass is 329 g/mol. The molecule has 0 amide bonds. The van der Waals surface area contributed by atoms with Crippen molar-refractivity contribution in [3.05, 3.63) is 41.1 Å². The van der Waals surface area contributed by atoms with Gasteiger partial charge in [-0.1, -0.05) is 0 Å². The molecule has 7 heteroatoms. The number of halogens is 1. The summed E-state index contributed by atoms with van der Waals surface area (Å²) in [6.45, 7) is 6.57. The first-order chi connectivity index (χ1) is 11.6. The lowest BCUT2D eigenvalue weighted by Gasteiger charge is -2.08. The third-order valence-corrected chi connectivity index (χ3v) is 3.91. The molecule has 0 radical (unpaired) electrons. The molecular formula is C17H20FN5O. The molecule has 6 nitrogen and oxygen atoms in total. The van der Waals surface area contributed by atoms with Crippen molar-refractivity contribution in [2.45, 2.75) is 27.2 Å². The highest BCUT2D eigenvalue weighted by Gasteiger charge is 2.18. The van der Waals surface area contributed by atoms with Crippen LogP contribution in [-0.4, -0.2) is 33.1 Å². The Labute approximate surface area is 139 Å². The van der Waals surface area contributed by atoms with Crippen molar-refractivity contribution in [3.63, 3.8) is 0 Å². The fraction of sp³-hybridized carbons (Fsp3) is 0.353. The topological polar surface area (TPSA) is 78.9 Å². The molecule has 0 atom stereocenters. The van der Waals surface area contributed by atoms with E-state index in [1.54, 1.807) is 16.8 Å². The van der Waals surface area contributed by atoms with E-state index in [1.807, 2.05) is 20.8 Å². The van der Waals surface area contributed by atoms with E-state index >= 15 is 0 Å². The van der Waals surface area contributed by atoms with Gasteiger partial charge in [0, 0.05) is 17.9 Å². The van der Waals surface area contributed by atoms with Crippen LogP contribution in [0.1, 0.15) is 24.0 Å². The zero-order chi connectivity index (χ0) is 17.3. The van der Waals surface area contributed by atoms with Gasteiger partial charge in [-0.25, -0.2) is 9.07 Å². The van der Waals surface area contributed by atoms with Gasteiger partial charge in [0.05, 0.1) is 23.7 Å². The summed E-state index contributed by atoms with van der Waals surface area (Å²) in [4.78, 5) is 0. The molecule has 0 aliphatic heterocycles. The average molecular weight is 329 g/mol. The molecule has 3 aromatic rings. The first-order valence-electron chi connectivity index (χ1n) is 7.91. The molecular weight excluding hydrogens is 309 g/mol. The fourth-order valence-corrected chi connectivity index (χ4v) is 2.83. The Hall–Kier alpha value is -2.54. The molecule has 0 aliphatic rings. The van der Waals surface area contributed by atoms with E-state index in [2.05, 4.69) is 15.3 Å². The molecule has 2 N–H and O–H groups in total. The van der Waals surface area contributed by atoms with Crippen LogP contribution in [-0.2, 0) is 6.42 Å². The lowest BCUT2D eigenvalue weighted by Crippen LogP contribution is -2.07. The average Bonchev–Trinajstić information content (AvgIpc) is 2.89. The number of rotatable bonds is 5. The van der Waals surface area contributed by atoms with Gasteiger partial charge < -0.3 is 10.5 Å². The van der Waals surface area contributed by atoms with Gasteiger partial charge in [0.2, 0.25) is 0 Å². The maximum absolute atomic E-state index is 14.5. The first-order valence-corrected chi connectivity index (χ1v) is 7.91. The van der Waals surface area contributed by atoms with Crippen LogP contribution in [0.4, 0.5) is 4.39 Å². The van der Waals surface area contributed by atoms with Crippen LogP contribution in [0.5, 0.6) is 5.75 Å². The molecule has 126 valence electrons. The molecule has 0 saturated heterocycles. The number of fused-ring (bicyclic) bond motifs is 1. The molecule has 0 unspecified atom stereocenters. The van der Waals surface area contributed by atoms with E-state index in [0.29, 0.717) is 31.0 Å². The summed E-state index contributed by atoms with van der Waals surface area (Å²) in [6.07, 6.45) is 0.575. The first kappa shape index (κ1) is 16.3. The predicted octanol–water partition coefficient (Wildman–Crippen LogP) is 2.47. The van der Waals surface area contributed by atoms with Gasteiger partial charge in [0.15, 0.2) is 5.82 Å². The second-order valence-electron chi connectivity index (χ2n) is 5.54. The molecule has 0 bridgehead atoms. The molecule has 0 fully saturated rings. The Balaban J connectivity index is 2.18. The second kappa shape index (κ2) is 6.52. The zero-order valence-corrected chi connectivity index (χ0v) is 14.0. The number of hydrogen-bond donors (Lipinski definition) is 1. The van der Waals surface area contributed by atoms with Crippen molar-refractivity contribution >= 4 is 10.9 Å². The highest BCUT2D eigenvalue weighted by atomic mass is 19.1. The van der Waals surface area contributed by atoms with Gasteiger partial charge >= 0.3 is 0 Å². The molecule has 24 heavy (non-hydrogen) atoms. The van der Waals surface area contributed by atoms with E-state index in [4.69, 9.17) is 10.5 Å². The van der Waals surface area contributed by atoms with Crippen molar-refractivity contribution in [2.75, 3.05) is 13.2 Å². The Kier molecular flexibility index (Phi) is 4.44. The van der Waals surface area contributed by atoms with Crippen LogP contribution >= 0.6 is 0 Å². The zero-order valence-electron chi connectivity index (χ0n) is 14.0. The lowest BCUT2D eigenvalue weighted by molar-refractivity contribution is 0.338. The summed E-state index contributed by atoms with van der Waals surface area (Å²) in [7, 11) is 0. The van der Waals surface area contributed by atoms with Gasteiger partial charge in [-0.3, -0.25) is 0 Å². The standard InChI is InChI=1S/C17H20FN5O/c1-4-24-12-5-6-15(13(18)9-12)23-11(3)16-10(2)20-21-14(7-8-19)17(16)22-23/h5-6,9H,4,7-8,19H2,1-3H3. The van der Waals surface area contributed by atoms with Crippen molar-refractivity contribution < 1.29 is 9.13 Å². The number of nitrogens with zero attached hydrogens (tertiary/aromatic N) is 4. The minimum atomic E-state index is -0.393. The number of aryl methyl sites for hydroxylation is 2. The fourth-order valence-electron chi connectivity index (χ4n) is 2.83. The van der Waals surface area contributed by atoms with Crippen LogP contribution in [0.2, 0.25) is 0 Å². The summed E-state index contributed by atoms with van der Waals surface area (Å²) < 4.78 is 21.4. The summed E-state index contributed by atoms with van der Waals surface area (Å²) in [5.74, 6) is 0.104. The van der Waals surface area contributed by atoms with E-state index in [1.165, 1.54) is 6.07 Å².